The first kappa shape index (κ1) is 74.5. The van der Waals surface area contributed by atoms with Gasteiger partial charge in [0, 0.05) is 38.6 Å². The van der Waals surface area contributed by atoms with Crippen LogP contribution in [0.25, 0.3) is 0 Å². The number of carbonyl (C=O) groups excluding carboxylic acids is 2. The van der Waals surface area contributed by atoms with E-state index in [1.165, 1.54) is 62.8 Å². The lowest BCUT2D eigenvalue weighted by atomic mass is 10.1. The number of aliphatic hydroxyl groups is 1. The Labute approximate surface area is 510 Å². The Morgan fingerprint density at radius 2 is 1.04 bits per heavy atom. The summed E-state index contributed by atoms with van der Waals surface area (Å²) in [7, 11) is -3.40. The molecular formula is C62H99Br2F2N6O7PSi2. The Morgan fingerprint density at radius 1 is 0.634 bits per heavy atom. The van der Waals surface area contributed by atoms with Gasteiger partial charge in [-0.15, -0.1) is 7.92 Å². The Kier molecular flexibility index (Phi) is 35.0. The Balaban J connectivity index is 0.000000364. The number of rotatable bonds is 18. The van der Waals surface area contributed by atoms with Crippen LogP contribution in [0.2, 0.25) is 36.3 Å². The summed E-state index contributed by atoms with van der Waals surface area (Å²) < 4.78 is 41.1. The molecule has 2 atom stereocenters. The Bertz CT molecular complexity index is 2540. The van der Waals surface area contributed by atoms with E-state index in [0.29, 0.717) is 29.0 Å². The first-order valence-electron chi connectivity index (χ1n) is 29.5. The molecule has 2 fully saturated rings. The highest BCUT2D eigenvalue weighted by Crippen LogP contribution is 2.40. The molecule has 2 aromatic heterocycles. The molecule has 2 aliphatic heterocycles. The molecule has 2 N–H and O–H groups in total. The lowest BCUT2D eigenvalue weighted by molar-refractivity contribution is 0.100. The van der Waals surface area contributed by atoms with E-state index >= 15 is 0 Å². The van der Waals surface area contributed by atoms with Crippen molar-refractivity contribution in [2.24, 2.45) is 10.2 Å². The highest BCUT2D eigenvalue weighted by atomic mass is 79.9. The van der Waals surface area contributed by atoms with Gasteiger partial charge in [0.25, 0.3) is 11.1 Å². The molecule has 460 valence electrons. The van der Waals surface area contributed by atoms with Crippen molar-refractivity contribution in [2.75, 3.05) is 57.9 Å². The zero-order chi connectivity index (χ0) is 61.5. The van der Waals surface area contributed by atoms with Crippen molar-refractivity contribution in [3.63, 3.8) is 0 Å². The van der Waals surface area contributed by atoms with Crippen LogP contribution in [0.15, 0.2) is 114 Å². The van der Waals surface area contributed by atoms with E-state index in [1.807, 2.05) is 6.07 Å². The van der Waals surface area contributed by atoms with E-state index in [2.05, 4.69) is 136 Å². The molecule has 2 unspecified atom stereocenters. The number of likely N-dealkylation sites (tertiary alicyclic amines) is 2. The van der Waals surface area contributed by atoms with Crippen molar-refractivity contribution in [1.29, 1.82) is 0 Å². The second-order valence-corrected chi connectivity index (χ2v) is 38.0. The number of hydrogen-bond donors (Lipinski definition) is 2. The van der Waals surface area contributed by atoms with Gasteiger partial charge >= 0.3 is 12.1 Å². The molecule has 0 bridgehead atoms. The van der Waals surface area contributed by atoms with Crippen LogP contribution < -0.4 is 11.1 Å². The number of unbranched alkanes of at least 4 members (excludes halogenated alkanes) is 3. The normalized spacial score (nSPS) is 14.7. The molecule has 0 radical (unpaired) electrons. The molecule has 2 saturated heterocycles. The molecular weight excluding hydrogens is 1230 g/mol. The molecule has 13 nitrogen and oxygen atoms in total. The predicted octanol–water partition coefficient (Wildman–Crippen LogP) is 17.9. The first-order chi connectivity index (χ1) is 38.6. The van der Waals surface area contributed by atoms with Crippen LogP contribution >= 0.6 is 39.8 Å². The number of pyridine rings is 2. The molecule has 2 aliphatic rings. The van der Waals surface area contributed by atoms with Crippen LogP contribution in [0, 0.1) is 11.6 Å². The number of azo groups is 1. The van der Waals surface area contributed by atoms with Gasteiger partial charge in [-0.3, -0.25) is 9.59 Å². The zero-order valence-electron chi connectivity index (χ0n) is 51.7. The summed E-state index contributed by atoms with van der Waals surface area (Å²) >= 11 is 6.35. The van der Waals surface area contributed by atoms with Gasteiger partial charge in [-0.1, -0.05) is 116 Å². The van der Waals surface area contributed by atoms with Gasteiger partial charge in [0.05, 0.1) is 28.2 Å². The average molecular weight is 1330 g/mol. The number of amides is 4. The highest BCUT2D eigenvalue weighted by molar-refractivity contribution is 9.10. The monoisotopic (exact) mass is 1320 g/mol. The second kappa shape index (κ2) is 38.5. The van der Waals surface area contributed by atoms with Gasteiger partial charge in [-0.05, 0) is 204 Å². The third-order valence-electron chi connectivity index (χ3n) is 15.3. The van der Waals surface area contributed by atoms with Crippen molar-refractivity contribution in [1.82, 2.24) is 19.4 Å². The number of piperidine rings is 2. The molecule has 6 rings (SSSR count). The minimum atomic E-state index is -1.98. The van der Waals surface area contributed by atoms with Gasteiger partial charge < -0.3 is 33.3 Å². The topological polar surface area (TPSA) is 159 Å². The van der Waals surface area contributed by atoms with Crippen molar-refractivity contribution >= 4 is 68.5 Å². The maximum Gasteiger partial charge on any atom is 0.362 e. The van der Waals surface area contributed by atoms with Crippen LogP contribution in [0.1, 0.15) is 163 Å². The van der Waals surface area contributed by atoms with E-state index in [4.69, 9.17) is 8.85 Å². The van der Waals surface area contributed by atoms with Crippen molar-refractivity contribution in [2.45, 2.75) is 188 Å². The summed E-state index contributed by atoms with van der Waals surface area (Å²) in [4.78, 5) is 52.3. The third kappa shape index (κ3) is 28.1. The van der Waals surface area contributed by atoms with Crippen LogP contribution in [0.4, 0.5) is 18.4 Å². The summed E-state index contributed by atoms with van der Waals surface area (Å²) in [5.41, 5.74) is 1.32. The van der Waals surface area contributed by atoms with E-state index in [9.17, 15) is 33.1 Å². The van der Waals surface area contributed by atoms with E-state index < -0.39 is 22.7 Å². The summed E-state index contributed by atoms with van der Waals surface area (Å²) in [6.45, 7) is 32.2. The lowest BCUT2D eigenvalue weighted by Crippen LogP contribution is -2.43. The van der Waals surface area contributed by atoms with Crippen LogP contribution in [-0.2, 0) is 8.85 Å². The van der Waals surface area contributed by atoms with Crippen molar-refractivity contribution in [3.05, 3.63) is 138 Å². The number of nitrogens with zero attached hydrogens (tertiary/aromatic N) is 5. The number of halogens is 4. The minimum absolute atomic E-state index is 0.0720. The fourth-order valence-corrected chi connectivity index (χ4v) is 13.4. The number of aromatic nitrogens is 2. The molecule has 0 aliphatic carbocycles. The minimum Gasteiger partial charge on any atom is -0.414 e. The fraction of sp³-hybridized carbons (Fsp3) is 0.613. The number of H-pyrrole nitrogens is 1. The van der Waals surface area contributed by atoms with E-state index in [-0.39, 0.29) is 57.5 Å². The highest BCUT2D eigenvalue weighted by Gasteiger charge is 2.39. The third-order valence-corrected chi connectivity index (χ3v) is 28.4. The maximum atomic E-state index is 13.3. The molecule has 4 amide bonds. The number of benzene rings is 2. The number of hydrogen-bond acceptors (Lipinski definition) is 7. The molecule has 4 aromatic rings. The molecule has 2 aromatic carbocycles. The van der Waals surface area contributed by atoms with Crippen molar-refractivity contribution in [3.8, 4) is 0 Å². The average Bonchev–Trinajstić information content (AvgIpc) is 3.45. The zero-order valence-corrected chi connectivity index (χ0v) is 57.7. The fourth-order valence-electron chi connectivity index (χ4n) is 7.80. The number of aliphatic hydroxyl groups excluding tert-OH is 1. The second-order valence-electron chi connectivity index (χ2n) is 24.0. The number of carbonyl (C=O) groups is 2. The van der Waals surface area contributed by atoms with Crippen LogP contribution in [0.5, 0.6) is 0 Å². The summed E-state index contributed by atoms with van der Waals surface area (Å²) in [5.74, 6) is -0.592. The number of aromatic amines is 1. The summed E-state index contributed by atoms with van der Waals surface area (Å²) in [5, 5.41) is 17.3. The first-order valence-corrected chi connectivity index (χ1v) is 38.8. The smallest absolute Gasteiger partial charge is 0.362 e. The number of urea groups is 2. The van der Waals surface area contributed by atoms with Gasteiger partial charge in [-0.25, -0.2) is 18.4 Å². The quantitative estimate of drug-likeness (QED) is 0.0570. The molecule has 82 heavy (non-hydrogen) atoms. The van der Waals surface area contributed by atoms with E-state index in [1.54, 1.807) is 87.7 Å². The number of nitrogens with one attached hydrogen (secondary N) is 1. The maximum absolute atomic E-state index is 13.3. The van der Waals surface area contributed by atoms with E-state index in [0.717, 1.165) is 70.3 Å². The van der Waals surface area contributed by atoms with Gasteiger partial charge in [0.15, 0.2) is 16.6 Å². The van der Waals surface area contributed by atoms with Gasteiger partial charge in [0.1, 0.15) is 17.7 Å². The van der Waals surface area contributed by atoms with Crippen molar-refractivity contribution < 1.29 is 32.3 Å². The van der Waals surface area contributed by atoms with Gasteiger partial charge in [0.2, 0.25) is 0 Å². The summed E-state index contributed by atoms with van der Waals surface area (Å²) in [6, 6.07) is 18.1. The van der Waals surface area contributed by atoms with Crippen LogP contribution in [-0.4, -0.2) is 111 Å². The Morgan fingerprint density at radius 3 is 1.41 bits per heavy atom. The predicted molar refractivity (Wildman–Crippen MR) is 348 cm³/mol. The summed E-state index contributed by atoms with van der Waals surface area (Å²) in [6.07, 6.45) is 22.2. The molecule has 20 heteroatoms. The largest absolute Gasteiger partial charge is 0.414 e. The lowest BCUT2D eigenvalue weighted by Gasteiger charge is -2.37. The molecule has 4 heterocycles. The van der Waals surface area contributed by atoms with Crippen LogP contribution in [0.3, 0.4) is 0 Å². The molecule has 0 saturated carbocycles. The van der Waals surface area contributed by atoms with Gasteiger partial charge in [-0.2, -0.15) is 0 Å². The Hall–Kier alpha value is -3.56. The standard InChI is InChI=1S/C19H25BrFNO2Si.C14H23FO2Si.C12H20N4O2.C12H27P.C5H4BrNO/c1-19(2,3)25(4,5)24-13-17(14-8-10-15(21)11-9-14)22-12-6-7-16(20)18(22)23;1-14(2,3)18(4,5)17-10-13(16)11-6-8-12(15)9-7-11;17-11(15-7-3-1-4-8-15)13-14-12(18)16-9-5-2-6-10-16;1-4-7-10-13(11-8-5-2)12-9-6-3;6-4-2-1-3-7-5(4)8/h6-12,17H,13H2,1-5H3;6-9,13,16H,10H2,1-5H3;1-10H2;4-12H2,1-3H3;1-3H,(H,7,8). The molecule has 0 spiro atoms. The SMILES string of the molecule is CC(C)(C)[Si](C)(C)OCC(O)c1ccc(F)cc1.CC(C)(C)[Si](C)(C)OCC(c1ccc(F)cc1)n1cccc(Br)c1=O.CCCCP(CCCC)CCCC.O=C(N=NC(=O)N1CCCCC1)N1CCCCC1.O=c1[nH]cccc1Br.